The molecule has 3 heterocycles. The maximum absolute atomic E-state index is 17.8. The maximum atomic E-state index is 17.8. The van der Waals surface area contributed by atoms with Crippen molar-refractivity contribution in [3.8, 4) is 5.75 Å². The molecule has 3 saturated heterocycles. The number of anilines is 1. The lowest BCUT2D eigenvalue weighted by atomic mass is 9.84. The van der Waals surface area contributed by atoms with E-state index in [1.165, 1.54) is 6.07 Å². The molecule has 51 heavy (non-hydrogen) atoms. The minimum absolute atomic E-state index is 0.0194. The van der Waals surface area contributed by atoms with E-state index in [1.54, 1.807) is 18.1 Å². The first-order valence-electron chi connectivity index (χ1n) is 19.0. The van der Waals surface area contributed by atoms with Crippen molar-refractivity contribution < 1.29 is 31.9 Å². The Bertz CT molecular complexity index is 1520. The van der Waals surface area contributed by atoms with E-state index in [2.05, 4.69) is 17.1 Å². The first-order chi connectivity index (χ1) is 24.4. The van der Waals surface area contributed by atoms with Crippen molar-refractivity contribution in [2.75, 3.05) is 57.8 Å². The van der Waals surface area contributed by atoms with Gasteiger partial charge in [-0.3, -0.25) is 14.5 Å². The molecule has 4 fully saturated rings. The minimum Gasteiger partial charge on any atom is -0.497 e. The Balaban J connectivity index is 1.28. The van der Waals surface area contributed by atoms with Gasteiger partial charge < -0.3 is 19.9 Å². The fraction of sp³-hybridized carbons (Fsp3) is 0.650. The Morgan fingerprint density at radius 3 is 2.24 bits per heavy atom. The van der Waals surface area contributed by atoms with Crippen molar-refractivity contribution in [2.24, 2.45) is 17.8 Å². The van der Waals surface area contributed by atoms with Gasteiger partial charge in [0.1, 0.15) is 5.75 Å². The quantitative estimate of drug-likeness (QED) is 0.275. The minimum atomic E-state index is -4.52. The number of ether oxygens (including phenoxy) is 1. The van der Waals surface area contributed by atoms with E-state index in [0.717, 1.165) is 42.9 Å². The number of likely N-dealkylation sites (tertiary alicyclic amines) is 2. The second-order valence-corrected chi connectivity index (χ2v) is 15.4. The van der Waals surface area contributed by atoms with Crippen LogP contribution in [-0.2, 0) is 15.8 Å². The number of nitrogens with one attached hydrogen (secondary N) is 1. The number of rotatable bonds is 9. The molecule has 6 rings (SSSR count). The summed E-state index contributed by atoms with van der Waals surface area (Å²) in [6, 6.07) is 11.5. The lowest BCUT2D eigenvalue weighted by Crippen LogP contribution is -2.50. The summed E-state index contributed by atoms with van der Waals surface area (Å²) in [7, 11) is 1.59. The highest BCUT2D eigenvalue weighted by molar-refractivity contribution is 5.88. The number of methoxy groups -OCH3 is 1. The van der Waals surface area contributed by atoms with Gasteiger partial charge in [0, 0.05) is 75.3 Å². The molecule has 0 spiro atoms. The largest absolute Gasteiger partial charge is 0.497 e. The van der Waals surface area contributed by atoms with Crippen LogP contribution in [0.4, 0.5) is 23.2 Å². The summed E-state index contributed by atoms with van der Waals surface area (Å²) in [4.78, 5) is 33.0. The molecule has 2 aromatic carbocycles. The lowest BCUT2D eigenvalue weighted by molar-refractivity contribution is -0.143. The Kier molecular flexibility index (Phi) is 11.2. The fourth-order valence-electron chi connectivity index (χ4n) is 9.23. The number of carbonyl (C=O) groups excluding carboxylic acids is 2. The zero-order chi connectivity index (χ0) is 36.5. The van der Waals surface area contributed by atoms with E-state index in [0.29, 0.717) is 69.3 Å². The van der Waals surface area contributed by atoms with Crippen LogP contribution in [0.2, 0.25) is 0 Å². The maximum Gasteiger partial charge on any atom is 0.416 e. The summed E-state index contributed by atoms with van der Waals surface area (Å²) in [5, 5.41) is 2.87. The Morgan fingerprint density at radius 2 is 1.63 bits per heavy atom. The number of amides is 2. The van der Waals surface area contributed by atoms with Gasteiger partial charge in [0.05, 0.1) is 12.7 Å². The zero-order valence-corrected chi connectivity index (χ0v) is 30.5. The SMILES string of the molecule is CCNC(=O)C1CCN(c2cc(C(F)(F)F)ccc2[C@H]2CN(C(=O)[C@]3(F)CN(C4CCC(C)CC4)C[C@H]3c3ccc(OC)cc3)C[C@@H]2CC)CC1. The summed E-state index contributed by atoms with van der Waals surface area (Å²) in [6.07, 6.45) is 1.42. The molecule has 2 amide bonds. The van der Waals surface area contributed by atoms with Gasteiger partial charge in [-0.25, -0.2) is 4.39 Å². The molecule has 4 aliphatic rings. The summed E-state index contributed by atoms with van der Waals surface area (Å²) in [5.74, 6) is -0.355. The molecule has 0 bridgehead atoms. The topological polar surface area (TPSA) is 65.1 Å². The highest BCUT2D eigenvalue weighted by Gasteiger charge is 2.57. The average Bonchev–Trinajstić information content (AvgIpc) is 3.73. The molecule has 7 nitrogen and oxygen atoms in total. The van der Waals surface area contributed by atoms with Gasteiger partial charge in [-0.05, 0) is 92.7 Å². The number of hydrogen-bond donors (Lipinski definition) is 1. The molecular weight excluding hydrogens is 660 g/mol. The molecule has 1 aliphatic carbocycles. The van der Waals surface area contributed by atoms with Gasteiger partial charge in [0.25, 0.3) is 5.91 Å². The van der Waals surface area contributed by atoms with Gasteiger partial charge in [-0.2, -0.15) is 13.2 Å². The molecule has 0 unspecified atom stereocenters. The highest BCUT2D eigenvalue weighted by Crippen LogP contribution is 2.47. The van der Waals surface area contributed by atoms with E-state index in [9.17, 15) is 22.8 Å². The van der Waals surface area contributed by atoms with Crippen molar-refractivity contribution in [1.29, 1.82) is 0 Å². The number of carbonyl (C=O) groups is 2. The van der Waals surface area contributed by atoms with Crippen LogP contribution in [0.15, 0.2) is 42.5 Å². The molecule has 1 N–H and O–H groups in total. The molecular formula is C40H54F4N4O3. The predicted molar refractivity (Wildman–Crippen MR) is 191 cm³/mol. The van der Waals surface area contributed by atoms with Gasteiger partial charge >= 0.3 is 6.18 Å². The van der Waals surface area contributed by atoms with Crippen LogP contribution in [0.1, 0.15) is 94.2 Å². The van der Waals surface area contributed by atoms with Crippen LogP contribution in [0.5, 0.6) is 5.75 Å². The van der Waals surface area contributed by atoms with E-state index in [4.69, 9.17) is 4.74 Å². The van der Waals surface area contributed by atoms with Crippen molar-refractivity contribution in [3.63, 3.8) is 0 Å². The van der Waals surface area contributed by atoms with E-state index < -0.39 is 29.2 Å². The lowest BCUT2D eigenvalue weighted by Gasteiger charge is -2.36. The number of nitrogens with zero attached hydrogens (tertiary/aromatic N) is 3. The molecule has 2 aromatic rings. The van der Waals surface area contributed by atoms with Crippen molar-refractivity contribution in [3.05, 3.63) is 59.2 Å². The molecule has 1 saturated carbocycles. The summed E-state index contributed by atoms with van der Waals surface area (Å²) < 4.78 is 65.3. The first-order valence-corrected chi connectivity index (χ1v) is 19.0. The second-order valence-electron chi connectivity index (χ2n) is 15.4. The molecule has 4 atom stereocenters. The van der Waals surface area contributed by atoms with Crippen molar-refractivity contribution in [2.45, 2.75) is 95.4 Å². The zero-order valence-electron chi connectivity index (χ0n) is 30.5. The number of hydrogen-bond acceptors (Lipinski definition) is 5. The molecule has 0 aromatic heterocycles. The van der Waals surface area contributed by atoms with Crippen LogP contribution in [0, 0.1) is 17.8 Å². The van der Waals surface area contributed by atoms with Gasteiger partial charge in [0.15, 0.2) is 0 Å². The van der Waals surface area contributed by atoms with Crippen LogP contribution in [-0.4, -0.2) is 86.2 Å². The second kappa shape index (κ2) is 15.3. The molecule has 280 valence electrons. The Hall–Kier alpha value is -3.34. The third-order valence-electron chi connectivity index (χ3n) is 12.3. The standard InChI is InChI=1S/C40H54F4N4O3/c1-5-27-22-47(23-34(27)33-16-11-30(40(42,43)44)21-36(33)46-19-17-29(18-20-46)37(49)45-6-2)38(50)39(41)25-48(31-12-7-26(3)8-13-31)24-35(39)28-9-14-32(51-4)15-10-28/h9-11,14-16,21,26-27,29,31,34-35H,5-8,12-13,17-20,22-25H2,1-4H3,(H,45,49)/t26?,27-,31?,34-,35-,39-/m0/s1. The van der Waals surface area contributed by atoms with E-state index in [-0.39, 0.29) is 42.8 Å². The third kappa shape index (κ3) is 7.74. The van der Waals surface area contributed by atoms with Crippen LogP contribution >= 0.6 is 0 Å². The number of alkyl halides is 4. The van der Waals surface area contributed by atoms with Gasteiger partial charge in [0.2, 0.25) is 11.6 Å². The van der Waals surface area contributed by atoms with Gasteiger partial charge in [-0.15, -0.1) is 0 Å². The highest BCUT2D eigenvalue weighted by atomic mass is 19.4. The van der Waals surface area contributed by atoms with Crippen LogP contribution in [0.3, 0.4) is 0 Å². The van der Waals surface area contributed by atoms with Crippen LogP contribution < -0.4 is 15.0 Å². The molecule has 0 radical (unpaired) electrons. The molecule has 3 aliphatic heterocycles. The predicted octanol–water partition coefficient (Wildman–Crippen LogP) is 7.40. The van der Waals surface area contributed by atoms with Crippen LogP contribution in [0.25, 0.3) is 0 Å². The van der Waals surface area contributed by atoms with Gasteiger partial charge in [-0.1, -0.05) is 38.5 Å². The fourth-order valence-corrected chi connectivity index (χ4v) is 9.23. The summed E-state index contributed by atoms with van der Waals surface area (Å²) >= 11 is 0. The number of halogens is 4. The Morgan fingerprint density at radius 1 is 0.941 bits per heavy atom. The third-order valence-corrected chi connectivity index (χ3v) is 12.3. The van der Waals surface area contributed by atoms with Crippen molar-refractivity contribution >= 4 is 17.5 Å². The normalized spacial score (nSPS) is 29.4. The Labute approximate surface area is 300 Å². The average molecular weight is 715 g/mol. The summed E-state index contributed by atoms with van der Waals surface area (Å²) in [6.45, 7) is 8.67. The molecule has 11 heteroatoms. The van der Waals surface area contributed by atoms with E-state index in [1.807, 2.05) is 43.0 Å². The smallest absolute Gasteiger partial charge is 0.416 e. The number of benzene rings is 2. The number of piperidine rings is 1. The van der Waals surface area contributed by atoms with E-state index >= 15 is 4.39 Å². The first kappa shape index (κ1) is 37.4. The van der Waals surface area contributed by atoms with Crippen molar-refractivity contribution in [1.82, 2.24) is 15.1 Å². The summed E-state index contributed by atoms with van der Waals surface area (Å²) in [5.41, 5.74) is -0.844. The monoisotopic (exact) mass is 714 g/mol.